The Kier molecular flexibility index (Phi) is 7.56. The van der Waals surface area contributed by atoms with Crippen LogP contribution in [0.3, 0.4) is 0 Å². The van der Waals surface area contributed by atoms with E-state index < -0.39 is 46.7 Å². The molecule has 1 heterocycles. The summed E-state index contributed by atoms with van der Waals surface area (Å²) >= 11 is 0. The number of benzene rings is 2. The van der Waals surface area contributed by atoms with Crippen molar-refractivity contribution in [3.05, 3.63) is 70.6 Å². The molecule has 1 aromatic heterocycles. The lowest BCUT2D eigenvalue weighted by molar-refractivity contribution is -0.117. The van der Waals surface area contributed by atoms with E-state index in [-0.39, 0.29) is 0 Å². The van der Waals surface area contributed by atoms with E-state index in [1.165, 1.54) is 11.9 Å². The van der Waals surface area contributed by atoms with Crippen LogP contribution >= 0.6 is 0 Å². The van der Waals surface area contributed by atoms with Crippen molar-refractivity contribution in [3.63, 3.8) is 0 Å². The van der Waals surface area contributed by atoms with Crippen molar-refractivity contribution in [3.8, 4) is 17.0 Å². The molecule has 0 atom stereocenters. The number of halogens is 4. The minimum absolute atomic E-state index is 0.297. The van der Waals surface area contributed by atoms with Crippen LogP contribution in [-0.2, 0) is 17.6 Å². The van der Waals surface area contributed by atoms with Gasteiger partial charge in [0, 0.05) is 18.2 Å². The molecule has 36 heavy (non-hydrogen) atoms. The summed E-state index contributed by atoms with van der Waals surface area (Å²) in [6.45, 7) is 1.11. The fourth-order valence-corrected chi connectivity index (χ4v) is 4.61. The second kappa shape index (κ2) is 10.6. The van der Waals surface area contributed by atoms with Gasteiger partial charge in [-0.3, -0.25) is 9.69 Å². The quantitative estimate of drug-likeness (QED) is 0.228. The first-order valence-electron chi connectivity index (χ1n) is 11.8. The minimum atomic E-state index is -1.94. The van der Waals surface area contributed by atoms with Gasteiger partial charge in [0.1, 0.15) is 5.75 Å². The van der Waals surface area contributed by atoms with Crippen molar-refractivity contribution in [1.82, 2.24) is 9.97 Å². The van der Waals surface area contributed by atoms with E-state index in [0.29, 0.717) is 35.3 Å². The van der Waals surface area contributed by atoms with Crippen molar-refractivity contribution in [1.29, 1.82) is 0 Å². The molecule has 0 saturated heterocycles. The summed E-state index contributed by atoms with van der Waals surface area (Å²) in [5.74, 6) is -6.16. The number of methoxy groups -OCH3 is 1. The normalized spacial score (nSPS) is 13.8. The maximum atomic E-state index is 14.4. The monoisotopic (exact) mass is 501 g/mol. The summed E-state index contributed by atoms with van der Waals surface area (Å²) in [5.41, 5.74) is 1.09. The highest BCUT2D eigenvalue weighted by Gasteiger charge is 2.27. The highest BCUT2D eigenvalue weighted by Crippen LogP contribution is 2.32. The number of ether oxygens (including phenoxy) is 1. The van der Waals surface area contributed by atoms with Gasteiger partial charge < -0.3 is 4.74 Å². The average molecular weight is 502 g/mol. The van der Waals surface area contributed by atoms with Crippen molar-refractivity contribution < 1.29 is 27.1 Å². The van der Waals surface area contributed by atoms with Crippen LogP contribution in [0.4, 0.5) is 23.4 Å². The topological polar surface area (TPSA) is 55.3 Å². The summed E-state index contributed by atoms with van der Waals surface area (Å²) in [6.07, 6.45) is 5.84. The second-order valence-corrected chi connectivity index (χ2v) is 9.10. The van der Waals surface area contributed by atoms with Gasteiger partial charge in [0.25, 0.3) is 0 Å². The molecule has 1 amide bonds. The maximum Gasteiger partial charge on any atom is 0.232 e. The van der Waals surface area contributed by atoms with E-state index in [9.17, 15) is 22.4 Å². The van der Waals surface area contributed by atoms with E-state index in [2.05, 4.69) is 4.98 Å². The Morgan fingerprint density at radius 3 is 2.31 bits per heavy atom. The van der Waals surface area contributed by atoms with Crippen LogP contribution in [0.2, 0.25) is 0 Å². The fourth-order valence-electron chi connectivity index (χ4n) is 4.61. The molecule has 0 N–H and O–H groups in total. The molecular formula is C27H27F4N3O2. The van der Waals surface area contributed by atoms with Gasteiger partial charge in [-0.15, -0.1) is 0 Å². The number of likely N-dealkylation sites (N-methyl/N-ethyl adjacent to an activating group) is 1. The zero-order valence-electron chi connectivity index (χ0n) is 20.4. The third kappa shape index (κ3) is 5.05. The van der Waals surface area contributed by atoms with Gasteiger partial charge in [-0.2, -0.15) is 0 Å². The minimum Gasteiger partial charge on any atom is -0.497 e. The lowest BCUT2D eigenvalue weighted by atomic mass is 10.0. The molecular weight excluding hydrogens is 474 g/mol. The zero-order chi connectivity index (χ0) is 26.0. The molecule has 4 rings (SSSR count). The molecule has 190 valence electrons. The Morgan fingerprint density at radius 1 is 1.03 bits per heavy atom. The molecule has 1 saturated carbocycles. The van der Waals surface area contributed by atoms with Gasteiger partial charge in [0.2, 0.25) is 5.91 Å². The molecule has 9 heteroatoms. The number of hydrogen-bond acceptors (Lipinski definition) is 4. The van der Waals surface area contributed by atoms with Gasteiger partial charge in [-0.05, 0) is 49.1 Å². The van der Waals surface area contributed by atoms with Gasteiger partial charge in [-0.25, -0.2) is 27.5 Å². The Labute approximate surface area is 207 Å². The van der Waals surface area contributed by atoms with Crippen molar-refractivity contribution in [2.75, 3.05) is 19.1 Å². The number of hydrogen-bond donors (Lipinski definition) is 0. The summed E-state index contributed by atoms with van der Waals surface area (Å²) < 4.78 is 61.0. The molecule has 1 fully saturated rings. The smallest absolute Gasteiger partial charge is 0.232 e. The summed E-state index contributed by atoms with van der Waals surface area (Å²) in [6, 6.07) is 7.35. The molecule has 0 bridgehead atoms. The Morgan fingerprint density at radius 2 is 1.67 bits per heavy atom. The number of amides is 1. The van der Waals surface area contributed by atoms with E-state index in [4.69, 9.17) is 9.72 Å². The number of carbonyl (C=O) groups excluding carboxylic acids is 1. The first-order valence-corrected chi connectivity index (χ1v) is 11.8. The van der Waals surface area contributed by atoms with E-state index in [1.54, 1.807) is 13.3 Å². The summed E-state index contributed by atoms with van der Waals surface area (Å²) in [7, 11) is 3.04. The lowest BCUT2D eigenvalue weighted by Gasteiger charge is -2.22. The standard InChI is InChI=1S/C27H27F4N3O2/c1-15-19(24(29)26(31)25(30)23(15)28)13-22(35)34(2)27-20(12-16-6-4-5-7-16)33-21(14-32-27)17-8-10-18(36-3)11-9-17/h8-11,14,16H,4-7,12-13H2,1-3H3. The largest absolute Gasteiger partial charge is 0.497 e. The molecule has 0 unspecified atom stereocenters. The summed E-state index contributed by atoms with van der Waals surface area (Å²) in [5, 5.41) is 0. The van der Waals surface area contributed by atoms with Crippen LogP contribution in [0.15, 0.2) is 30.5 Å². The van der Waals surface area contributed by atoms with Crippen LogP contribution in [0.5, 0.6) is 5.75 Å². The number of anilines is 1. The average Bonchev–Trinajstić information content (AvgIpc) is 3.41. The predicted octanol–water partition coefficient (Wildman–Crippen LogP) is 5.96. The van der Waals surface area contributed by atoms with Crippen molar-refractivity contribution >= 4 is 11.7 Å². The fraction of sp³-hybridized carbons (Fsp3) is 0.370. The Balaban J connectivity index is 1.66. The van der Waals surface area contributed by atoms with Crippen LogP contribution in [0.25, 0.3) is 11.3 Å². The van der Waals surface area contributed by atoms with Gasteiger partial charge in [0.15, 0.2) is 29.1 Å². The third-order valence-corrected chi connectivity index (χ3v) is 6.81. The number of aromatic nitrogens is 2. The van der Waals surface area contributed by atoms with Crippen LogP contribution in [0, 0.1) is 36.1 Å². The van der Waals surface area contributed by atoms with Crippen molar-refractivity contribution in [2.45, 2.75) is 45.4 Å². The molecule has 1 aliphatic carbocycles. The van der Waals surface area contributed by atoms with E-state index in [0.717, 1.165) is 38.2 Å². The second-order valence-electron chi connectivity index (χ2n) is 9.10. The molecule has 0 spiro atoms. The first-order chi connectivity index (χ1) is 17.2. The number of nitrogens with zero attached hydrogens (tertiary/aromatic N) is 3. The van der Waals surface area contributed by atoms with Gasteiger partial charge >= 0.3 is 0 Å². The van der Waals surface area contributed by atoms with E-state index in [1.807, 2.05) is 24.3 Å². The number of rotatable bonds is 7. The third-order valence-electron chi connectivity index (χ3n) is 6.81. The first kappa shape index (κ1) is 25.6. The maximum absolute atomic E-state index is 14.4. The SMILES string of the molecule is COc1ccc(-c2cnc(N(C)C(=O)Cc3c(C)c(F)c(F)c(F)c3F)c(CC3CCCC3)n2)cc1. The molecule has 2 aromatic carbocycles. The molecule has 1 aliphatic rings. The number of carbonyl (C=O) groups is 1. The molecule has 3 aromatic rings. The summed E-state index contributed by atoms with van der Waals surface area (Å²) in [4.78, 5) is 23.6. The van der Waals surface area contributed by atoms with Crippen LogP contribution in [-0.4, -0.2) is 30.0 Å². The van der Waals surface area contributed by atoms with Crippen molar-refractivity contribution in [2.24, 2.45) is 5.92 Å². The molecule has 0 radical (unpaired) electrons. The van der Waals surface area contributed by atoms with Crippen LogP contribution < -0.4 is 9.64 Å². The van der Waals surface area contributed by atoms with Gasteiger partial charge in [0.05, 0.1) is 31.1 Å². The molecule has 0 aliphatic heterocycles. The Bertz CT molecular complexity index is 1250. The van der Waals surface area contributed by atoms with Crippen LogP contribution in [0.1, 0.15) is 42.5 Å². The zero-order valence-corrected chi connectivity index (χ0v) is 20.4. The highest BCUT2D eigenvalue weighted by atomic mass is 19.2. The lowest BCUT2D eigenvalue weighted by Crippen LogP contribution is -2.31. The predicted molar refractivity (Wildman–Crippen MR) is 128 cm³/mol. The Hall–Kier alpha value is -3.49. The highest BCUT2D eigenvalue weighted by molar-refractivity contribution is 5.94. The molecule has 5 nitrogen and oxygen atoms in total. The van der Waals surface area contributed by atoms with Gasteiger partial charge in [-0.1, -0.05) is 25.7 Å². The van der Waals surface area contributed by atoms with E-state index >= 15 is 0 Å².